The first-order valence-corrected chi connectivity index (χ1v) is 7.59. The van der Waals surface area contributed by atoms with Gasteiger partial charge in [0.05, 0.1) is 17.2 Å². The van der Waals surface area contributed by atoms with Crippen LogP contribution in [0.4, 0.5) is 9.59 Å². The van der Waals surface area contributed by atoms with E-state index < -0.39 is 24.4 Å². The van der Waals surface area contributed by atoms with E-state index in [-0.39, 0.29) is 16.3 Å². The maximum atomic E-state index is 12.1. The van der Waals surface area contributed by atoms with Crippen LogP contribution in [0.1, 0.15) is 33.3 Å². The zero-order valence-electron chi connectivity index (χ0n) is 13.8. The van der Waals surface area contributed by atoms with Gasteiger partial charge in [0.2, 0.25) is 0 Å². The molecule has 0 N–H and O–H groups in total. The molecule has 1 aromatic rings. The van der Waals surface area contributed by atoms with Gasteiger partial charge >= 0.3 is 12.2 Å². The lowest BCUT2D eigenvalue weighted by Gasteiger charge is -2.18. The zero-order valence-corrected chi connectivity index (χ0v) is 14.6. The van der Waals surface area contributed by atoms with E-state index in [2.05, 4.69) is 5.10 Å². The number of carbonyl (C=O) groups is 2. The summed E-state index contributed by atoms with van der Waals surface area (Å²) in [7, 11) is 0. The number of rotatable bonds is 4. The number of nitriles is 1. The quantitative estimate of drug-likeness (QED) is 0.604. The van der Waals surface area contributed by atoms with Crippen LogP contribution in [0.25, 0.3) is 0 Å². The van der Waals surface area contributed by atoms with Crippen molar-refractivity contribution in [1.29, 1.82) is 5.26 Å². The number of halogens is 1. The number of carbonyl (C=O) groups excluding carboxylic acids is 2. The topological polar surface area (TPSA) is 92.0 Å². The predicted molar refractivity (Wildman–Crippen MR) is 88.7 cm³/mol. The van der Waals surface area contributed by atoms with Crippen molar-refractivity contribution in [3.05, 3.63) is 34.9 Å². The molecule has 0 aliphatic heterocycles. The molecular weight excluding hydrogens is 334 g/mol. The van der Waals surface area contributed by atoms with Crippen LogP contribution in [0.3, 0.4) is 0 Å². The molecule has 0 aromatic heterocycles. The molecule has 7 nitrogen and oxygen atoms in total. The highest BCUT2D eigenvalue weighted by Crippen LogP contribution is 2.17. The Hall–Kier alpha value is -2.59. The molecule has 24 heavy (non-hydrogen) atoms. The first-order valence-electron chi connectivity index (χ1n) is 7.21. The van der Waals surface area contributed by atoms with Crippen molar-refractivity contribution in [2.24, 2.45) is 5.10 Å². The summed E-state index contributed by atoms with van der Waals surface area (Å²) < 4.78 is 9.93. The number of hydrazone groups is 1. The molecule has 0 heterocycles. The van der Waals surface area contributed by atoms with E-state index in [1.807, 2.05) is 6.07 Å². The average molecular weight is 352 g/mol. The zero-order chi connectivity index (χ0) is 18.3. The van der Waals surface area contributed by atoms with E-state index in [0.29, 0.717) is 5.01 Å². The number of benzene rings is 1. The van der Waals surface area contributed by atoms with Crippen LogP contribution < -0.4 is 0 Å². The van der Waals surface area contributed by atoms with Crippen molar-refractivity contribution in [3.63, 3.8) is 0 Å². The first kappa shape index (κ1) is 19.5. The Labute approximate surface area is 145 Å². The second-order valence-corrected chi connectivity index (χ2v) is 5.62. The Morgan fingerprint density at radius 3 is 2.04 bits per heavy atom. The van der Waals surface area contributed by atoms with E-state index in [4.69, 9.17) is 21.1 Å². The van der Waals surface area contributed by atoms with Gasteiger partial charge in [0.25, 0.3) is 0 Å². The molecule has 0 radical (unpaired) electrons. The lowest BCUT2D eigenvalue weighted by atomic mass is 10.1. The van der Waals surface area contributed by atoms with Gasteiger partial charge in [-0.2, -0.15) is 5.26 Å². The summed E-state index contributed by atoms with van der Waals surface area (Å²) in [5.41, 5.74) is 0.0587. The van der Waals surface area contributed by atoms with Gasteiger partial charge in [0.1, 0.15) is 6.07 Å². The monoisotopic (exact) mass is 351 g/mol. The third kappa shape index (κ3) is 5.56. The van der Waals surface area contributed by atoms with Crippen LogP contribution in [0.5, 0.6) is 0 Å². The van der Waals surface area contributed by atoms with Crippen LogP contribution in [-0.2, 0) is 9.47 Å². The largest absolute Gasteiger partial charge is 0.445 e. The first-order chi connectivity index (χ1) is 11.3. The number of imide groups is 1. The smallest absolute Gasteiger partial charge is 0.440 e. The number of ether oxygens (including phenoxy) is 2. The fraction of sp³-hybridized carbons (Fsp3) is 0.375. The lowest BCUT2D eigenvalue weighted by molar-refractivity contribution is 0.0518. The Balaban J connectivity index is 3.26. The van der Waals surface area contributed by atoms with Crippen LogP contribution in [0, 0.1) is 11.3 Å². The molecule has 0 spiro atoms. The van der Waals surface area contributed by atoms with E-state index in [1.54, 1.807) is 52.0 Å². The van der Waals surface area contributed by atoms with Crippen LogP contribution in [0.2, 0.25) is 5.02 Å². The summed E-state index contributed by atoms with van der Waals surface area (Å²) in [6.07, 6.45) is -3.05. The molecule has 1 aromatic carbocycles. The van der Waals surface area contributed by atoms with Crippen molar-refractivity contribution in [2.75, 3.05) is 0 Å². The Bertz CT molecular complexity index is 658. The molecule has 0 saturated carbocycles. The van der Waals surface area contributed by atoms with Gasteiger partial charge in [-0.1, -0.05) is 34.8 Å². The van der Waals surface area contributed by atoms with E-state index >= 15 is 0 Å². The van der Waals surface area contributed by atoms with Crippen molar-refractivity contribution in [2.45, 2.75) is 39.9 Å². The number of hydrogen-bond acceptors (Lipinski definition) is 6. The van der Waals surface area contributed by atoms with Crippen molar-refractivity contribution >= 4 is 29.5 Å². The van der Waals surface area contributed by atoms with Gasteiger partial charge in [-0.15, -0.1) is 5.10 Å². The molecule has 0 aliphatic carbocycles. The van der Waals surface area contributed by atoms with Gasteiger partial charge in [0.15, 0.2) is 5.71 Å². The second kappa shape index (κ2) is 8.89. The molecule has 1 rings (SSSR count). The second-order valence-electron chi connectivity index (χ2n) is 5.22. The molecule has 0 fully saturated rings. The Kier molecular flexibility index (Phi) is 7.21. The normalized spacial score (nSPS) is 11.2. The third-order valence-corrected chi connectivity index (χ3v) is 2.78. The highest BCUT2D eigenvalue weighted by molar-refractivity contribution is 6.35. The lowest BCUT2D eigenvalue weighted by Crippen LogP contribution is -2.37. The summed E-state index contributed by atoms with van der Waals surface area (Å²) in [5, 5.41) is 13.7. The molecule has 0 unspecified atom stereocenters. The van der Waals surface area contributed by atoms with Crippen molar-refractivity contribution in [1.82, 2.24) is 5.01 Å². The van der Waals surface area contributed by atoms with Gasteiger partial charge in [-0.05, 0) is 33.8 Å². The SMILES string of the molecule is CC(C)OC(=O)N(/N=C(\C#N)c1ccccc1Cl)C(=O)OC(C)C. The summed E-state index contributed by atoms with van der Waals surface area (Å²) in [5.74, 6) is 0. The maximum Gasteiger partial charge on any atom is 0.440 e. The summed E-state index contributed by atoms with van der Waals surface area (Å²) >= 11 is 6.03. The number of nitrogens with zero attached hydrogens (tertiary/aromatic N) is 3. The molecular formula is C16H18ClN3O4. The van der Waals surface area contributed by atoms with Crippen LogP contribution >= 0.6 is 11.6 Å². The molecule has 0 bridgehead atoms. The summed E-state index contributed by atoms with van der Waals surface area (Å²) in [4.78, 5) is 24.2. The van der Waals surface area contributed by atoms with Gasteiger partial charge in [-0.3, -0.25) is 0 Å². The fourth-order valence-electron chi connectivity index (χ4n) is 1.55. The van der Waals surface area contributed by atoms with Crippen LogP contribution in [-0.4, -0.2) is 35.1 Å². The van der Waals surface area contributed by atoms with Gasteiger partial charge in [0, 0.05) is 5.56 Å². The molecule has 2 amide bonds. The van der Waals surface area contributed by atoms with Gasteiger partial charge < -0.3 is 9.47 Å². The summed E-state index contributed by atoms with van der Waals surface area (Å²) in [6.45, 7) is 6.47. The third-order valence-electron chi connectivity index (χ3n) is 2.45. The average Bonchev–Trinajstić information content (AvgIpc) is 2.47. The van der Waals surface area contributed by atoms with Gasteiger partial charge in [-0.25, -0.2) is 9.59 Å². The molecule has 128 valence electrons. The van der Waals surface area contributed by atoms with E-state index in [0.717, 1.165) is 0 Å². The maximum absolute atomic E-state index is 12.1. The minimum absolute atomic E-state index is 0.220. The molecule has 0 atom stereocenters. The molecule has 8 heteroatoms. The fourth-order valence-corrected chi connectivity index (χ4v) is 1.77. The summed E-state index contributed by atoms with van der Waals surface area (Å²) in [6, 6.07) is 8.25. The molecule has 0 aliphatic rings. The standard InChI is InChI=1S/C16H18ClN3O4/c1-10(2)23-15(21)20(16(22)24-11(3)4)19-14(9-18)12-7-5-6-8-13(12)17/h5-8,10-11H,1-4H3/b19-14+. The minimum Gasteiger partial charge on any atom is -0.445 e. The predicted octanol–water partition coefficient (Wildman–Crippen LogP) is 3.96. The highest BCUT2D eigenvalue weighted by Gasteiger charge is 2.27. The Morgan fingerprint density at radius 2 is 1.62 bits per heavy atom. The van der Waals surface area contributed by atoms with E-state index in [9.17, 15) is 14.9 Å². The minimum atomic E-state index is -1.05. The van der Waals surface area contributed by atoms with Crippen LogP contribution in [0.15, 0.2) is 29.4 Å². The van der Waals surface area contributed by atoms with Crippen molar-refractivity contribution < 1.29 is 19.1 Å². The highest BCUT2D eigenvalue weighted by atomic mass is 35.5. The Morgan fingerprint density at radius 1 is 1.12 bits per heavy atom. The van der Waals surface area contributed by atoms with Crippen molar-refractivity contribution in [3.8, 4) is 6.07 Å². The number of amides is 2. The van der Waals surface area contributed by atoms with E-state index in [1.165, 1.54) is 0 Å². The number of hydrogen-bond donors (Lipinski definition) is 0. The molecule has 0 saturated heterocycles.